The van der Waals surface area contributed by atoms with Crippen molar-refractivity contribution in [2.45, 2.75) is 25.8 Å². The molecule has 0 unspecified atom stereocenters. The number of anilines is 1. The van der Waals surface area contributed by atoms with Crippen molar-refractivity contribution in [2.24, 2.45) is 0 Å². The van der Waals surface area contributed by atoms with Crippen molar-refractivity contribution in [1.29, 1.82) is 0 Å². The van der Waals surface area contributed by atoms with Gasteiger partial charge in [-0.05, 0) is 37.5 Å². The predicted octanol–water partition coefficient (Wildman–Crippen LogP) is 1.98. The molecule has 1 aliphatic rings. The molecular weight excluding hydrogens is 216 g/mol. The fourth-order valence-electron chi connectivity index (χ4n) is 2.21. The number of aryl methyl sites for hydroxylation is 1. The molecule has 1 fully saturated rings. The molecule has 0 aromatic heterocycles. The van der Waals surface area contributed by atoms with Gasteiger partial charge in [-0.15, -0.1) is 0 Å². The zero-order valence-electron chi connectivity index (χ0n) is 10.0. The van der Waals surface area contributed by atoms with Crippen LogP contribution in [0.1, 0.15) is 18.4 Å². The average molecular weight is 234 g/mol. The molecule has 1 aromatic rings. The molecule has 0 bridgehead atoms. The van der Waals surface area contributed by atoms with E-state index < -0.39 is 0 Å². The highest BCUT2D eigenvalue weighted by Crippen LogP contribution is 2.18. The molecule has 2 N–H and O–H groups in total. The molecule has 0 radical (unpaired) electrons. The fourth-order valence-corrected chi connectivity index (χ4v) is 2.21. The van der Waals surface area contributed by atoms with Crippen molar-refractivity contribution >= 4 is 11.7 Å². The van der Waals surface area contributed by atoms with Crippen LogP contribution in [0.4, 0.5) is 10.5 Å². The number of likely N-dealkylation sites (tertiary alicyclic amines) is 1. The second-order valence-electron chi connectivity index (χ2n) is 4.47. The van der Waals surface area contributed by atoms with E-state index in [1.165, 1.54) is 0 Å². The van der Waals surface area contributed by atoms with Gasteiger partial charge in [0.25, 0.3) is 0 Å². The number of aliphatic hydroxyl groups is 1. The smallest absolute Gasteiger partial charge is 0.322 e. The van der Waals surface area contributed by atoms with Gasteiger partial charge < -0.3 is 15.3 Å². The van der Waals surface area contributed by atoms with Gasteiger partial charge in [-0.1, -0.05) is 12.1 Å². The largest absolute Gasteiger partial charge is 0.394 e. The third kappa shape index (κ3) is 2.77. The average Bonchev–Trinajstić information content (AvgIpc) is 2.77. The molecule has 17 heavy (non-hydrogen) atoms. The van der Waals surface area contributed by atoms with Gasteiger partial charge in [0.15, 0.2) is 0 Å². The molecule has 1 saturated heterocycles. The van der Waals surface area contributed by atoms with Crippen LogP contribution < -0.4 is 5.32 Å². The highest BCUT2D eigenvalue weighted by Gasteiger charge is 2.27. The maximum absolute atomic E-state index is 12.0. The first-order valence-corrected chi connectivity index (χ1v) is 5.96. The number of nitrogens with zero attached hydrogens (tertiary/aromatic N) is 1. The van der Waals surface area contributed by atoms with Crippen LogP contribution in [0.3, 0.4) is 0 Å². The number of hydrogen-bond donors (Lipinski definition) is 2. The van der Waals surface area contributed by atoms with Crippen LogP contribution >= 0.6 is 0 Å². The summed E-state index contributed by atoms with van der Waals surface area (Å²) in [5.74, 6) is 0. The molecule has 4 nitrogen and oxygen atoms in total. The van der Waals surface area contributed by atoms with E-state index in [1.807, 2.05) is 31.2 Å². The maximum atomic E-state index is 12.0. The van der Waals surface area contributed by atoms with E-state index in [0.717, 1.165) is 30.6 Å². The Morgan fingerprint density at radius 3 is 3.12 bits per heavy atom. The van der Waals surface area contributed by atoms with E-state index in [1.54, 1.807) is 4.90 Å². The molecular formula is C13H18N2O2. The molecule has 2 rings (SSSR count). The van der Waals surface area contributed by atoms with Crippen LogP contribution in [-0.2, 0) is 0 Å². The van der Waals surface area contributed by atoms with E-state index in [4.69, 9.17) is 0 Å². The summed E-state index contributed by atoms with van der Waals surface area (Å²) in [6.07, 6.45) is 1.85. The Morgan fingerprint density at radius 1 is 1.59 bits per heavy atom. The summed E-state index contributed by atoms with van der Waals surface area (Å²) in [7, 11) is 0. The Morgan fingerprint density at radius 2 is 2.41 bits per heavy atom. The van der Waals surface area contributed by atoms with E-state index in [2.05, 4.69) is 5.32 Å². The van der Waals surface area contributed by atoms with Gasteiger partial charge in [0.1, 0.15) is 0 Å². The van der Waals surface area contributed by atoms with Crippen molar-refractivity contribution in [3.63, 3.8) is 0 Å². The summed E-state index contributed by atoms with van der Waals surface area (Å²) in [6.45, 7) is 2.76. The Bertz CT molecular complexity index is 406. The molecule has 4 heteroatoms. The number of carbonyl (C=O) groups is 1. The minimum absolute atomic E-state index is 0.0280. The Balaban J connectivity index is 2.01. The van der Waals surface area contributed by atoms with Crippen molar-refractivity contribution in [1.82, 2.24) is 4.90 Å². The third-order valence-electron chi connectivity index (χ3n) is 3.12. The zero-order valence-corrected chi connectivity index (χ0v) is 10.0. The minimum atomic E-state index is -0.118. The molecule has 92 valence electrons. The highest BCUT2D eigenvalue weighted by atomic mass is 16.3. The molecule has 0 aliphatic carbocycles. The Hall–Kier alpha value is -1.55. The van der Waals surface area contributed by atoms with E-state index in [-0.39, 0.29) is 18.7 Å². The second kappa shape index (κ2) is 5.19. The van der Waals surface area contributed by atoms with Gasteiger partial charge in [0.2, 0.25) is 0 Å². The number of benzene rings is 1. The topological polar surface area (TPSA) is 52.6 Å². The normalized spacial score (nSPS) is 19.4. The molecule has 1 atom stereocenters. The summed E-state index contributed by atoms with van der Waals surface area (Å²) in [6, 6.07) is 7.56. The van der Waals surface area contributed by atoms with E-state index >= 15 is 0 Å². The highest BCUT2D eigenvalue weighted by molar-refractivity contribution is 5.89. The Kier molecular flexibility index (Phi) is 3.64. The van der Waals surface area contributed by atoms with Crippen molar-refractivity contribution < 1.29 is 9.90 Å². The summed E-state index contributed by atoms with van der Waals surface area (Å²) < 4.78 is 0. The molecule has 1 aliphatic heterocycles. The van der Waals surface area contributed by atoms with E-state index in [0.29, 0.717) is 0 Å². The number of carbonyl (C=O) groups excluding carboxylic acids is 1. The van der Waals surface area contributed by atoms with Crippen LogP contribution in [0.5, 0.6) is 0 Å². The molecule has 1 aromatic carbocycles. The van der Waals surface area contributed by atoms with Crippen molar-refractivity contribution in [2.75, 3.05) is 18.5 Å². The summed E-state index contributed by atoms with van der Waals surface area (Å²) in [5.41, 5.74) is 1.92. The fraction of sp³-hybridized carbons (Fsp3) is 0.462. The molecule has 2 amide bonds. The number of urea groups is 1. The van der Waals surface area contributed by atoms with E-state index in [9.17, 15) is 9.90 Å². The van der Waals surface area contributed by atoms with Gasteiger partial charge in [0.05, 0.1) is 12.6 Å². The van der Waals surface area contributed by atoms with Crippen molar-refractivity contribution in [3.8, 4) is 0 Å². The van der Waals surface area contributed by atoms with Gasteiger partial charge in [0, 0.05) is 12.2 Å². The van der Waals surface area contributed by atoms with Crippen LogP contribution in [0.25, 0.3) is 0 Å². The van der Waals surface area contributed by atoms with Crippen LogP contribution in [0.15, 0.2) is 24.3 Å². The molecule has 1 heterocycles. The lowest BCUT2D eigenvalue weighted by atomic mass is 10.2. The SMILES string of the molecule is Cc1cccc(NC(=O)N2CCC[C@H]2CO)c1. The van der Waals surface area contributed by atoms with Crippen molar-refractivity contribution in [3.05, 3.63) is 29.8 Å². The lowest BCUT2D eigenvalue weighted by Crippen LogP contribution is -2.40. The van der Waals surface area contributed by atoms with Crippen LogP contribution in [0, 0.1) is 6.92 Å². The number of aliphatic hydroxyl groups excluding tert-OH is 1. The number of amides is 2. The summed E-state index contributed by atoms with van der Waals surface area (Å²) in [4.78, 5) is 13.7. The first-order chi connectivity index (χ1) is 8.20. The lowest BCUT2D eigenvalue weighted by Gasteiger charge is -2.23. The number of rotatable bonds is 2. The van der Waals surface area contributed by atoms with Gasteiger partial charge in [-0.3, -0.25) is 0 Å². The molecule has 0 saturated carbocycles. The first-order valence-electron chi connectivity index (χ1n) is 5.96. The number of hydrogen-bond acceptors (Lipinski definition) is 2. The second-order valence-corrected chi connectivity index (χ2v) is 4.47. The standard InChI is InChI=1S/C13H18N2O2/c1-10-4-2-5-11(8-10)14-13(17)15-7-3-6-12(15)9-16/h2,4-5,8,12,16H,3,6-7,9H2,1H3,(H,14,17)/t12-/m0/s1. The quantitative estimate of drug-likeness (QED) is 0.822. The minimum Gasteiger partial charge on any atom is -0.394 e. The predicted molar refractivity (Wildman–Crippen MR) is 67.0 cm³/mol. The van der Waals surface area contributed by atoms with Gasteiger partial charge in [-0.2, -0.15) is 0 Å². The lowest BCUT2D eigenvalue weighted by molar-refractivity contribution is 0.166. The van der Waals surface area contributed by atoms with Gasteiger partial charge >= 0.3 is 6.03 Å². The Labute approximate surface area is 101 Å². The van der Waals surface area contributed by atoms with Gasteiger partial charge in [-0.25, -0.2) is 4.79 Å². The third-order valence-corrected chi connectivity index (χ3v) is 3.12. The number of nitrogens with one attached hydrogen (secondary N) is 1. The zero-order chi connectivity index (χ0) is 12.3. The summed E-state index contributed by atoms with van der Waals surface area (Å²) in [5, 5.41) is 12.0. The first kappa shape index (κ1) is 11.9. The van der Waals surface area contributed by atoms with Crippen LogP contribution in [-0.4, -0.2) is 35.2 Å². The molecule has 0 spiro atoms. The maximum Gasteiger partial charge on any atom is 0.322 e. The summed E-state index contributed by atoms with van der Waals surface area (Å²) >= 11 is 0. The van der Waals surface area contributed by atoms with Crippen LogP contribution in [0.2, 0.25) is 0 Å². The monoisotopic (exact) mass is 234 g/mol.